The van der Waals surface area contributed by atoms with Crippen LogP contribution in [0.15, 0.2) is 49.7 Å². The molecular formula is C17H11Br2ClO3. The summed E-state index contributed by atoms with van der Waals surface area (Å²) in [5.74, 6) is 0.117. The zero-order valence-corrected chi connectivity index (χ0v) is 15.8. The first-order valence-corrected chi connectivity index (χ1v) is 8.71. The number of aromatic hydroxyl groups is 1. The Bertz CT molecular complexity index is 943. The van der Waals surface area contributed by atoms with Gasteiger partial charge in [-0.3, -0.25) is 4.79 Å². The largest absolute Gasteiger partial charge is 0.506 e. The Labute approximate surface area is 155 Å². The number of phenolic OH excluding ortho intramolecular Hbond substituents is 1. The van der Waals surface area contributed by atoms with E-state index in [1.54, 1.807) is 37.3 Å². The summed E-state index contributed by atoms with van der Waals surface area (Å²) in [4.78, 5) is 13.1. The molecule has 0 aliphatic carbocycles. The van der Waals surface area contributed by atoms with Crippen LogP contribution in [0.2, 0.25) is 0 Å². The van der Waals surface area contributed by atoms with Crippen LogP contribution < -0.4 is 0 Å². The van der Waals surface area contributed by atoms with Gasteiger partial charge in [0.15, 0.2) is 5.78 Å². The second kappa shape index (κ2) is 6.30. The van der Waals surface area contributed by atoms with Crippen molar-refractivity contribution in [1.29, 1.82) is 0 Å². The van der Waals surface area contributed by atoms with E-state index in [1.165, 1.54) is 0 Å². The number of para-hydroxylation sites is 1. The van der Waals surface area contributed by atoms with Gasteiger partial charge < -0.3 is 9.52 Å². The first-order valence-electron chi connectivity index (χ1n) is 7.19. The summed E-state index contributed by atoms with van der Waals surface area (Å²) in [5, 5.41) is 9.93. The molecule has 0 saturated carbocycles. The van der Waals surface area contributed by atoms with Crippen molar-refractivity contribution in [1.82, 2.24) is 0 Å². The summed E-state index contributed by atoms with van der Waals surface area (Å²) < 4.78 is 14.2. The Kier molecular flexibility index (Phi) is 4.18. The zero-order chi connectivity index (χ0) is 17.6. The lowest BCUT2D eigenvalue weighted by atomic mass is 9.99. The van der Waals surface area contributed by atoms with Gasteiger partial charge in [-0.2, -0.15) is 0 Å². The molecule has 2 aromatic carbocycles. The molecule has 6 heteroatoms. The molecule has 0 spiro atoms. The molecule has 1 atom stereocenters. The number of hydrogen-bond donors (Lipinski definition) is 1. The van der Waals surface area contributed by atoms with E-state index in [2.05, 4.69) is 31.9 Å². The van der Waals surface area contributed by atoms with E-state index < -0.39 is 5.38 Å². The van der Waals surface area contributed by atoms with E-state index >= 15 is 0 Å². The van der Waals surface area contributed by atoms with Crippen LogP contribution in [0.5, 0.6) is 5.75 Å². The van der Waals surface area contributed by atoms with E-state index in [0.717, 1.165) is 0 Å². The van der Waals surface area contributed by atoms with E-state index in [-0.39, 0.29) is 11.5 Å². The molecule has 0 saturated heterocycles. The Morgan fingerprint density at radius 2 is 2.00 bits per heavy atom. The molecule has 118 valence electrons. The maximum absolute atomic E-state index is 13.1. The number of halogens is 3. The number of furan rings is 1. The molecule has 1 aromatic heterocycles. The van der Waals surface area contributed by atoms with Gasteiger partial charge >= 0.3 is 0 Å². The molecule has 0 aliphatic rings. The molecule has 0 amide bonds. The van der Waals surface area contributed by atoms with Crippen molar-refractivity contribution in [2.75, 3.05) is 0 Å². The molecule has 23 heavy (non-hydrogen) atoms. The Balaban J connectivity index is 2.24. The number of fused-ring (bicyclic) bond motifs is 1. The number of ketones is 1. The quantitative estimate of drug-likeness (QED) is 0.375. The number of alkyl halides is 1. The lowest BCUT2D eigenvalue weighted by molar-refractivity contribution is 0.103. The van der Waals surface area contributed by atoms with Crippen LogP contribution in [-0.4, -0.2) is 10.9 Å². The number of carbonyl (C=O) groups is 1. The van der Waals surface area contributed by atoms with Gasteiger partial charge in [0, 0.05) is 10.9 Å². The lowest BCUT2D eigenvalue weighted by Crippen LogP contribution is -2.04. The normalized spacial score (nSPS) is 13.1. The van der Waals surface area contributed by atoms with E-state index in [0.29, 0.717) is 42.8 Å². The molecular weight excluding hydrogens is 447 g/mol. The maximum atomic E-state index is 13.1. The smallest absolute Gasteiger partial charge is 0.197 e. The van der Waals surface area contributed by atoms with Crippen LogP contribution in [0.1, 0.15) is 35.4 Å². The fraction of sp³-hybridized carbons (Fsp3) is 0.118. The summed E-state index contributed by atoms with van der Waals surface area (Å²) >= 11 is 12.6. The summed E-state index contributed by atoms with van der Waals surface area (Å²) in [6.07, 6.45) is 0. The van der Waals surface area contributed by atoms with E-state index in [4.69, 9.17) is 17.4 Å². The summed E-state index contributed by atoms with van der Waals surface area (Å²) in [7, 11) is 0. The highest BCUT2D eigenvalue weighted by Crippen LogP contribution is 2.37. The maximum Gasteiger partial charge on any atom is 0.197 e. The van der Waals surface area contributed by atoms with E-state index in [1.807, 2.05) is 0 Å². The minimum absolute atomic E-state index is 0.0217. The molecule has 3 nitrogen and oxygen atoms in total. The number of rotatable bonds is 3. The first-order chi connectivity index (χ1) is 11.3. The predicted octanol–water partition coefficient (Wildman–Crippen LogP) is 6.19. The third-order valence-electron chi connectivity index (χ3n) is 3.43. The highest BCUT2D eigenvalue weighted by molar-refractivity contribution is 9.11. The van der Waals surface area contributed by atoms with Crippen LogP contribution in [0.4, 0.5) is 0 Å². The molecule has 1 heterocycles. The van der Waals surface area contributed by atoms with Gasteiger partial charge in [-0.05, 0) is 57.0 Å². The zero-order valence-electron chi connectivity index (χ0n) is 12.9. The van der Waals surface area contributed by atoms with Crippen molar-refractivity contribution in [3.63, 3.8) is 0 Å². The number of hydrogen-bond acceptors (Lipinski definition) is 3. The van der Waals surface area contributed by atoms with Crippen LogP contribution in [0.3, 0.4) is 0 Å². The number of carbonyl (C=O) groups excluding carboxylic acids is 1. The molecule has 0 aliphatic heterocycles. The first kappa shape index (κ1) is 15.2. The highest BCUT2D eigenvalue weighted by atomic mass is 79.9. The third-order valence-corrected chi connectivity index (χ3v) is 4.84. The average molecular weight is 460 g/mol. The average Bonchev–Trinajstić information content (AvgIpc) is 2.90. The van der Waals surface area contributed by atoms with Crippen molar-refractivity contribution < 1.29 is 15.7 Å². The fourth-order valence-corrected chi connectivity index (χ4v) is 3.70. The Hall–Kier alpha value is -1.30. The predicted molar refractivity (Wildman–Crippen MR) is 97.4 cm³/mol. The lowest BCUT2D eigenvalue weighted by Gasteiger charge is -2.07. The van der Waals surface area contributed by atoms with Crippen LogP contribution in [-0.2, 0) is 0 Å². The van der Waals surface area contributed by atoms with Crippen molar-refractivity contribution in [3.8, 4) is 5.75 Å². The summed E-state index contributed by atoms with van der Waals surface area (Å²) in [5.41, 5.74) is 1.20. The molecule has 1 N–H and O–H groups in total. The topological polar surface area (TPSA) is 50.4 Å². The monoisotopic (exact) mass is 457 g/mol. The van der Waals surface area contributed by atoms with Gasteiger partial charge in [-0.1, -0.05) is 18.2 Å². The van der Waals surface area contributed by atoms with E-state index in [9.17, 15) is 9.90 Å². The van der Waals surface area contributed by atoms with Gasteiger partial charge in [0.05, 0.1) is 21.3 Å². The minimum atomic E-state index is -0.505. The molecule has 0 bridgehead atoms. The van der Waals surface area contributed by atoms with Crippen molar-refractivity contribution in [2.24, 2.45) is 0 Å². The Morgan fingerprint density at radius 1 is 1.35 bits per heavy atom. The van der Waals surface area contributed by atoms with Crippen molar-refractivity contribution in [3.05, 3.63) is 62.2 Å². The summed E-state index contributed by atoms with van der Waals surface area (Å²) in [6.45, 7) is 1.72. The highest BCUT2D eigenvalue weighted by Gasteiger charge is 2.25. The van der Waals surface area contributed by atoms with Crippen LogP contribution >= 0.6 is 43.5 Å². The van der Waals surface area contributed by atoms with Gasteiger partial charge in [0.1, 0.15) is 17.1 Å². The molecule has 0 fully saturated rings. The van der Waals surface area contributed by atoms with Gasteiger partial charge in [0.25, 0.3) is 0 Å². The second-order valence-corrected chi connectivity index (χ2v) is 7.36. The van der Waals surface area contributed by atoms with Crippen molar-refractivity contribution in [2.45, 2.75) is 12.3 Å². The number of phenols is 1. The second-order valence-electron chi connectivity index (χ2n) is 5.00. The molecule has 3 aromatic rings. The molecule has 1 unspecified atom stereocenters. The SMILES string of the molecule is [2H]c1ccc2c(C(=O)c3cc(Br)c(O)c(Br)c3)c(C(C)Cl)oc2c1. The number of benzene rings is 2. The summed E-state index contributed by atoms with van der Waals surface area (Å²) in [6, 6.07) is 8.21. The standard InChI is InChI=1S/C17H11Br2ClO3/c1-8(20)17-14(10-4-2-3-5-13(10)23-17)15(21)9-6-11(18)16(22)12(19)7-9/h2-8,22H,1H3/i3D. The minimum Gasteiger partial charge on any atom is -0.506 e. The molecule has 3 rings (SSSR count). The van der Waals surface area contributed by atoms with Gasteiger partial charge in [-0.15, -0.1) is 11.6 Å². The van der Waals surface area contributed by atoms with Crippen LogP contribution in [0.25, 0.3) is 11.0 Å². The van der Waals surface area contributed by atoms with Crippen LogP contribution in [0, 0.1) is 0 Å². The van der Waals surface area contributed by atoms with Gasteiger partial charge in [0.2, 0.25) is 0 Å². The Morgan fingerprint density at radius 3 is 2.61 bits per heavy atom. The van der Waals surface area contributed by atoms with Crippen molar-refractivity contribution >= 4 is 60.2 Å². The third kappa shape index (κ3) is 2.93. The molecule has 0 radical (unpaired) electrons. The van der Waals surface area contributed by atoms with Gasteiger partial charge in [-0.25, -0.2) is 0 Å². The fourth-order valence-electron chi connectivity index (χ4n) is 2.36.